The van der Waals surface area contributed by atoms with E-state index in [1.165, 1.54) is 16.2 Å². The molecule has 0 bridgehead atoms. The summed E-state index contributed by atoms with van der Waals surface area (Å²) < 4.78 is 0. The average Bonchev–Trinajstić information content (AvgIpc) is 3.23. The zero-order valence-corrected chi connectivity index (χ0v) is 17.3. The normalized spacial score (nSPS) is 11.3. The highest BCUT2D eigenvalue weighted by molar-refractivity contribution is 7.17. The van der Waals surface area contributed by atoms with Crippen molar-refractivity contribution in [3.63, 3.8) is 0 Å². The number of carbonyl (C=O) groups excluding carboxylic acids is 2. The number of nitrogens with one attached hydrogen (secondary N) is 2. The van der Waals surface area contributed by atoms with Crippen LogP contribution in [0, 0.1) is 12.3 Å². The van der Waals surface area contributed by atoms with Crippen LogP contribution in [0.25, 0.3) is 10.6 Å². The maximum Gasteiger partial charge on any atom is 0.257 e. The van der Waals surface area contributed by atoms with Gasteiger partial charge in [-0.1, -0.05) is 26.8 Å². The first-order valence-corrected chi connectivity index (χ1v) is 10.2. The maximum absolute atomic E-state index is 12.5. The largest absolute Gasteiger partial charge is 0.326 e. The third-order valence-electron chi connectivity index (χ3n) is 3.78. The molecule has 3 rings (SSSR count). The van der Waals surface area contributed by atoms with Crippen molar-refractivity contribution >= 4 is 45.3 Å². The Bertz CT molecular complexity index is 983. The highest BCUT2D eigenvalue weighted by Crippen LogP contribution is 2.30. The predicted octanol–water partition coefficient (Wildman–Crippen LogP) is 5.42. The molecule has 3 aromatic rings. The monoisotopic (exact) mass is 399 g/mol. The molecule has 0 unspecified atom stereocenters. The molecular weight excluding hydrogens is 378 g/mol. The van der Waals surface area contributed by atoms with Gasteiger partial charge < -0.3 is 5.32 Å². The third kappa shape index (κ3) is 4.81. The summed E-state index contributed by atoms with van der Waals surface area (Å²) in [5.74, 6) is -0.360. The van der Waals surface area contributed by atoms with Gasteiger partial charge in [-0.05, 0) is 37.3 Å². The minimum absolute atomic E-state index is 0.101. The number of aryl methyl sites for hydroxylation is 1. The number of benzene rings is 1. The molecule has 0 spiro atoms. The lowest BCUT2D eigenvalue weighted by Gasteiger charge is -2.17. The number of nitrogens with zero attached hydrogens (tertiary/aromatic N) is 1. The fraction of sp³-hybridized carbons (Fsp3) is 0.250. The first-order chi connectivity index (χ1) is 12.7. The Labute approximate surface area is 166 Å². The number of hydrogen-bond donors (Lipinski definition) is 2. The van der Waals surface area contributed by atoms with Crippen LogP contribution in [0.3, 0.4) is 0 Å². The quantitative estimate of drug-likeness (QED) is 0.615. The highest BCUT2D eigenvalue weighted by Gasteiger charge is 2.21. The third-order valence-corrected chi connectivity index (χ3v) is 5.56. The summed E-state index contributed by atoms with van der Waals surface area (Å²) in [5.41, 5.74) is 1.41. The molecule has 2 heterocycles. The molecule has 0 atom stereocenters. The minimum atomic E-state index is -0.504. The van der Waals surface area contributed by atoms with Crippen LogP contribution in [0.15, 0.2) is 41.8 Å². The lowest BCUT2D eigenvalue weighted by atomic mass is 9.95. The fourth-order valence-electron chi connectivity index (χ4n) is 2.24. The van der Waals surface area contributed by atoms with Crippen LogP contribution < -0.4 is 10.6 Å². The summed E-state index contributed by atoms with van der Waals surface area (Å²) in [4.78, 5) is 31.5. The SMILES string of the molecule is Cc1ccc(-c2csc(NC(=O)c3cccc(NC(=O)C(C)(C)C)c3)n2)s1. The molecule has 7 heteroatoms. The second-order valence-electron chi connectivity index (χ2n) is 7.19. The van der Waals surface area contributed by atoms with Gasteiger partial charge in [0.15, 0.2) is 5.13 Å². The number of thiophene rings is 1. The summed E-state index contributed by atoms with van der Waals surface area (Å²) >= 11 is 3.06. The van der Waals surface area contributed by atoms with Gasteiger partial charge in [0.1, 0.15) is 0 Å². The van der Waals surface area contributed by atoms with E-state index in [0.717, 1.165) is 10.6 Å². The van der Waals surface area contributed by atoms with Gasteiger partial charge in [-0.15, -0.1) is 22.7 Å². The fourth-order valence-corrected chi connectivity index (χ4v) is 3.85. The molecule has 5 nitrogen and oxygen atoms in total. The number of thiazole rings is 1. The number of amides is 2. The number of aromatic nitrogens is 1. The van der Waals surface area contributed by atoms with E-state index in [0.29, 0.717) is 16.4 Å². The molecule has 2 N–H and O–H groups in total. The van der Waals surface area contributed by atoms with Crippen molar-refractivity contribution < 1.29 is 9.59 Å². The second kappa shape index (κ2) is 7.62. The van der Waals surface area contributed by atoms with Crippen molar-refractivity contribution in [1.82, 2.24) is 4.98 Å². The molecule has 0 aliphatic rings. The molecule has 0 radical (unpaired) electrons. The topological polar surface area (TPSA) is 71.1 Å². The molecule has 0 fully saturated rings. The molecule has 2 amide bonds. The van der Waals surface area contributed by atoms with Crippen LogP contribution in [-0.4, -0.2) is 16.8 Å². The van der Waals surface area contributed by atoms with Crippen LogP contribution >= 0.6 is 22.7 Å². The van der Waals surface area contributed by atoms with Crippen LogP contribution in [0.4, 0.5) is 10.8 Å². The first-order valence-electron chi connectivity index (χ1n) is 8.47. The van der Waals surface area contributed by atoms with E-state index in [1.807, 2.05) is 32.2 Å². The lowest BCUT2D eigenvalue weighted by molar-refractivity contribution is -0.123. The Balaban J connectivity index is 1.71. The molecule has 140 valence electrons. The first kappa shape index (κ1) is 19.3. The van der Waals surface area contributed by atoms with Crippen molar-refractivity contribution in [3.8, 4) is 10.6 Å². The number of rotatable bonds is 4. The Morgan fingerprint density at radius 3 is 2.52 bits per heavy atom. The van der Waals surface area contributed by atoms with Gasteiger partial charge in [-0.25, -0.2) is 4.98 Å². The van der Waals surface area contributed by atoms with E-state index in [2.05, 4.69) is 28.6 Å². The molecule has 0 aliphatic carbocycles. The maximum atomic E-state index is 12.5. The molecule has 2 aromatic heterocycles. The zero-order valence-electron chi connectivity index (χ0n) is 15.6. The Kier molecular flexibility index (Phi) is 5.43. The van der Waals surface area contributed by atoms with E-state index >= 15 is 0 Å². The van der Waals surface area contributed by atoms with Gasteiger partial charge in [0, 0.05) is 26.9 Å². The van der Waals surface area contributed by atoms with Crippen molar-refractivity contribution in [2.45, 2.75) is 27.7 Å². The van der Waals surface area contributed by atoms with Crippen molar-refractivity contribution in [2.75, 3.05) is 10.6 Å². The van der Waals surface area contributed by atoms with E-state index < -0.39 is 5.41 Å². The molecule has 0 saturated carbocycles. The number of carbonyl (C=O) groups is 2. The average molecular weight is 400 g/mol. The van der Waals surface area contributed by atoms with Gasteiger partial charge in [-0.2, -0.15) is 0 Å². The summed E-state index contributed by atoms with van der Waals surface area (Å²) in [7, 11) is 0. The van der Waals surface area contributed by atoms with Crippen molar-refractivity contribution in [3.05, 3.63) is 52.2 Å². The van der Waals surface area contributed by atoms with Crippen LogP contribution in [0.2, 0.25) is 0 Å². The van der Waals surface area contributed by atoms with Gasteiger partial charge in [0.05, 0.1) is 10.6 Å². The van der Waals surface area contributed by atoms with E-state index in [9.17, 15) is 9.59 Å². The Hall–Kier alpha value is -2.51. The summed E-state index contributed by atoms with van der Waals surface area (Å²) in [6.45, 7) is 7.57. The predicted molar refractivity (Wildman–Crippen MR) is 113 cm³/mol. The van der Waals surface area contributed by atoms with Crippen molar-refractivity contribution in [2.24, 2.45) is 5.41 Å². The van der Waals surface area contributed by atoms with Crippen molar-refractivity contribution in [1.29, 1.82) is 0 Å². The van der Waals surface area contributed by atoms with E-state index in [-0.39, 0.29) is 11.8 Å². The van der Waals surface area contributed by atoms with Gasteiger partial charge in [0.2, 0.25) is 5.91 Å². The minimum Gasteiger partial charge on any atom is -0.326 e. The molecule has 0 aliphatic heterocycles. The van der Waals surface area contributed by atoms with E-state index in [1.54, 1.807) is 35.6 Å². The summed E-state index contributed by atoms with van der Waals surface area (Å²) in [6, 6.07) is 11.0. The highest BCUT2D eigenvalue weighted by atomic mass is 32.1. The van der Waals surface area contributed by atoms with Gasteiger partial charge in [0.25, 0.3) is 5.91 Å². The van der Waals surface area contributed by atoms with Crippen LogP contribution in [0.1, 0.15) is 36.0 Å². The van der Waals surface area contributed by atoms with E-state index in [4.69, 9.17) is 0 Å². The molecule has 27 heavy (non-hydrogen) atoms. The lowest BCUT2D eigenvalue weighted by Crippen LogP contribution is -2.27. The number of anilines is 2. The standard InChI is InChI=1S/C20H21N3O2S2/c1-12-8-9-16(27-12)15-11-26-19(22-15)23-17(24)13-6-5-7-14(10-13)21-18(25)20(2,3)4/h5-11H,1-4H3,(H,21,25)(H,22,23,24). The molecule has 1 aromatic carbocycles. The van der Waals surface area contributed by atoms with Crippen LogP contribution in [0.5, 0.6) is 0 Å². The Morgan fingerprint density at radius 1 is 1.07 bits per heavy atom. The second-order valence-corrected chi connectivity index (χ2v) is 9.33. The zero-order chi connectivity index (χ0) is 19.6. The smallest absolute Gasteiger partial charge is 0.257 e. The van der Waals surface area contributed by atoms with Crippen LogP contribution in [-0.2, 0) is 4.79 Å². The van der Waals surface area contributed by atoms with Gasteiger partial charge in [-0.3, -0.25) is 14.9 Å². The summed E-state index contributed by atoms with van der Waals surface area (Å²) in [5, 5.41) is 8.14. The number of hydrogen-bond acceptors (Lipinski definition) is 5. The molecular formula is C20H21N3O2S2. The van der Waals surface area contributed by atoms with Gasteiger partial charge >= 0.3 is 0 Å². The summed E-state index contributed by atoms with van der Waals surface area (Å²) in [6.07, 6.45) is 0. The Morgan fingerprint density at radius 2 is 1.85 bits per heavy atom. The molecule has 0 saturated heterocycles.